The Labute approximate surface area is 104 Å². The second kappa shape index (κ2) is 6.15. The summed E-state index contributed by atoms with van der Waals surface area (Å²) in [6, 6.07) is -0.423. The molecule has 1 rings (SSSR count). The van der Waals surface area contributed by atoms with Gasteiger partial charge in [-0.05, 0) is 28.8 Å². The van der Waals surface area contributed by atoms with Gasteiger partial charge in [0.05, 0.1) is 16.7 Å². The Morgan fingerprint density at radius 3 is 2.81 bits per heavy atom. The van der Waals surface area contributed by atoms with Crippen LogP contribution in [0.5, 0.6) is 0 Å². The molecule has 0 spiro atoms. The minimum Gasteiger partial charge on any atom is -0.321 e. The number of aryl methyl sites for hydroxylation is 1. The van der Waals surface area contributed by atoms with Crippen molar-refractivity contribution in [2.75, 3.05) is 0 Å². The molecule has 0 aromatic carbocycles. The first-order chi connectivity index (χ1) is 7.61. The van der Waals surface area contributed by atoms with E-state index in [1.54, 1.807) is 10.9 Å². The van der Waals surface area contributed by atoms with Crippen LogP contribution in [0.2, 0.25) is 0 Å². The number of ketones is 1. The van der Waals surface area contributed by atoms with E-state index in [-0.39, 0.29) is 5.78 Å². The van der Waals surface area contributed by atoms with Gasteiger partial charge in [-0.2, -0.15) is 5.10 Å². The Balaban J connectivity index is 2.92. The molecule has 0 fully saturated rings. The van der Waals surface area contributed by atoms with Crippen molar-refractivity contribution in [3.63, 3.8) is 0 Å². The lowest BCUT2D eigenvalue weighted by molar-refractivity contribution is 0.0945. The van der Waals surface area contributed by atoms with E-state index in [0.29, 0.717) is 12.1 Å². The molecule has 1 unspecified atom stereocenters. The molecule has 0 aliphatic rings. The van der Waals surface area contributed by atoms with Crippen LogP contribution in [0.4, 0.5) is 0 Å². The van der Waals surface area contributed by atoms with Gasteiger partial charge in [-0.25, -0.2) is 0 Å². The first kappa shape index (κ1) is 13.4. The second-order valence-electron chi connectivity index (χ2n) is 3.82. The molecule has 1 aromatic rings. The number of nitrogens with two attached hydrogens (primary N) is 1. The summed E-state index contributed by atoms with van der Waals surface area (Å²) in [7, 11) is 0. The molecular formula is C11H18BrN3O. The van der Waals surface area contributed by atoms with Crippen LogP contribution in [0.1, 0.15) is 43.6 Å². The average Bonchev–Trinajstić information content (AvgIpc) is 2.60. The number of carbonyl (C=O) groups is 1. The highest BCUT2D eigenvalue weighted by molar-refractivity contribution is 9.10. The molecule has 1 aromatic heterocycles. The number of hydrogen-bond donors (Lipinski definition) is 1. The predicted octanol–water partition coefficient (Wildman–Crippen LogP) is 2.37. The Bertz CT molecular complexity index is 362. The van der Waals surface area contributed by atoms with E-state index in [4.69, 9.17) is 5.73 Å². The van der Waals surface area contributed by atoms with E-state index >= 15 is 0 Å². The van der Waals surface area contributed by atoms with E-state index in [9.17, 15) is 4.79 Å². The number of halogens is 1. The van der Waals surface area contributed by atoms with Crippen LogP contribution in [0.15, 0.2) is 10.7 Å². The molecule has 0 saturated carbocycles. The summed E-state index contributed by atoms with van der Waals surface area (Å²) in [4.78, 5) is 12.1. The van der Waals surface area contributed by atoms with Crippen molar-refractivity contribution in [1.82, 2.24) is 9.78 Å². The zero-order valence-electron chi connectivity index (χ0n) is 9.74. The van der Waals surface area contributed by atoms with Gasteiger partial charge in [-0.15, -0.1) is 0 Å². The Kier molecular flexibility index (Phi) is 5.15. The first-order valence-electron chi connectivity index (χ1n) is 5.62. The van der Waals surface area contributed by atoms with Crippen LogP contribution in [-0.2, 0) is 6.54 Å². The fourth-order valence-electron chi connectivity index (χ4n) is 1.61. The lowest BCUT2D eigenvalue weighted by Gasteiger charge is -2.11. The molecule has 0 saturated heterocycles. The van der Waals surface area contributed by atoms with Crippen molar-refractivity contribution in [1.29, 1.82) is 0 Å². The van der Waals surface area contributed by atoms with E-state index < -0.39 is 6.04 Å². The largest absolute Gasteiger partial charge is 0.321 e. The summed E-state index contributed by atoms with van der Waals surface area (Å²) in [6.07, 6.45) is 4.22. The van der Waals surface area contributed by atoms with Gasteiger partial charge in [0.15, 0.2) is 5.78 Å². The van der Waals surface area contributed by atoms with Gasteiger partial charge >= 0.3 is 0 Å². The van der Waals surface area contributed by atoms with E-state index in [0.717, 1.165) is 23.9 Å². The Morgan fingerprint density at radius 1 is 1.56 bits per heavy atom. The Morgan fingerprint density at radius 2 is 2.25 bits per heavy atom. The number of nitrogens with zero attached hydrogens (tertiary/aromatic N) is 2. The van der Waals surface area contributed by atoms with E-state index in [1.165, 1.54) is 0 Å². The summed E-state index contributed by atoms with van der Waals surface area (Å²) in [6.45, 7) is 4.81. The first-order valence-corrected chi connectivity index (χ1v) is 6.42. The van der Waals surface area contributed by atoms with Crippen LogP contribution in [0.3, 0.4) is 0 Å². The highest BCUT2D eigenvalue weighted by Gasteiger charge is 2.22. The van der Waals surface area contributed by atoms with Crippen molar-refractivity contribution in [3.8, 4) is 0 Å². The molecule has 0 amide bonds. The standard InChI is InChI=1S/C11H18BrN3O/c1-3-5-9(13)11(16)10-8(12)7-14-15(10)6-4-2/h7,9H,3-6,13H2,1-2H3. The number of carbonyl (C=O) groups excluding carboxylic acids is 1. The van der Waals surface area contributed by atoms with Crippen LogP contribution in [0.25, 0.3) is 0 Å². The number of hydrogen-bond acceptors (Lipinski definition) is 3. The lowest BCUT2D eigenvalue weighted by atomic mass is 10.1. The van der Waals surface area contributed by atoms with Crippen molar-refractivity contribution in [3.05, 3.63) is 16.4 Å². The minimum absolute atomic E-state index is 0.0281. The highest BCUT2D eigenvalue weighted by Crippen LogP contribution is 2.18. The van der Waals surface area contributed by atoms with Gasteiger partial charge in [0.1, 0.15) is 5.69 Å². The molecule has 0 bridgehead atoms. The van der Waals surface area contributed by atoms with Crippen molar-refractivity contribution in [2.45, 2.75) is 45.7 Å². The van der Waals surface area contributed by atoms with Gasteiger partial charge in [0.25, 0.3) is 0 Å². The third-order valence-corrected chi connectivity index (χ3v) is 2.98. The van der Waals surface area contributed by atoms with E-state index in [1.807, 2.05) is 6.92 Å². The molecule has 1 atom stereocenters. The summed E-state index contributed by atoms with van der Waals surface area (Å²) < 4.78 is 2.46. The SMILES string of the molecule is CCCC(N)C(=O)c1c(Br)cnn1CCC. The molecule has 5 heteroatoms. The zero-order valence-corrected chi connectivity index (χ0v) is 11.3. The van der Waals surface area contributed by atoms with Gasteiger partial charge in [0.2, 0.25) is 0 Å². The molecule has 2 N–H and O–H groups in total. The van der Waals surface area contributed by atoms with Crippen LogP contribution < -0.4 is 5.73 Å². The molecule has 4 nitrogen and oxygen atoms in total. The van der Waals surface area contributed by atoms with Gasteiger partial charge in [-0.3, -0.25) is 9.48 Å². The fourth-order valence-corrected chi connectivity index (χ4v) is 2.10. The van der Waals surface area contributed by atoms with Crippen molar-refractivity contribution < 1.29 is 4.79 Å². The van der Waals surface area contributed by atoms with Crippen molar-refractivity contribution >= 4 is 21.7 Å². The summed E-state index contributed by atoms with van der Waals surface area (Å²) in [5, 5.41) is 4.16. The molecule has 0 radical (unpaired) electrons. The van der Waals surface area contributed by atoms with Crippen LogP contribution in [-0.4, -0.2) is 21.6 Å². The third kappa shape index (κ3) is 2.92. The highest BCUT2D eigenvalue weighted by atomic mass is 79.9. The Hall–Kier alpha value is -0.680. The van der Waals surface area contributed by atoms with Crippen molar-refractivity contribution in [2.24, 2.45) is 5.73 Å². The maximum Gasteiger partial charge on any atom is 0.198 e. The zero-order chi connectivity index (χ0) is 12.1. The monoisotopic (exact) mass is 287 g/mol. The molecule has 0 aliphatic heterocycles. The average molecular weight is 288 g/mol. The van der Waals surface area contributed by atoms with Crippen LogP contribution >= 0.6 is 15.9 Å². The third-order valence-electron chi connectivity index (χ3n) is 2.40. The molecular weight excluding hydrogens is 270 g/mol. The molecule has 0 aliphatic carbocycles. The number of rotatable bonds is 6. The second-order valence-corrected chi connectivity index (χ2v) is 4.68. The smallest absolute Gasteiger partial charge is 0.198 e. The maximum absolute atomic E-state index is 12.1. The molecule has 16 heavy (non-hydrogen) atoms. The summed E-state index contributed by atoms with van der Waals surface area (Å²) >= 11 is 3.35. The summed E-state index contributed by atoms with van der Waals surface area (Å²) in [5.74, 6) is -0.0281. The fraction of sp³-hybridized carbons (Fsp3) is 0.636. The predicted molar refractivity (Wildman–Crippen MR) is 67.4 cm³/mol. The van der Waals surface area contributed by atoms with E-state index in [2.05, 4.69) is 28.0 Å². The quantitative estimate of drug-likeness (QED) is 0.817. The number of aromatic nitrogens is 2. The van der Waals surface area contributed by atoms with Gasteiger partial charge < -0.3 is 5.73 Å². The summed E-state index contributed by atoms with van der Waals surface area (Å²) in [5.41, 5.74) is 6.44. The maximum atomic E-state index is 12.1. The molecule has 90 valence electrons. The van der Waals surface area contributed by atoms with Gasteiger partial charge in [0, 0.05) is 6.54 Å². The molecule has 1 heterocycles. The lowest BCUT2D eigenvalue weighted by Crippen LogP contribution is -2.32. The van der Waals surface area contributed by atoms with Crippen LogP contribution in [0, 0.1) is 0 Å². The number of Topliss-reactive ketones (excluding diaryl/α,β-unsaturated/α-hetero) is 1. The minimum atomic E-state index is -0.423. The normalized spacial score (nSPS) is 12.8. The van der Waals surface area contributed by atoms with Gasteiger partial charge in [-0.1, -0.05) is 20.3 Å². The topological polar surface area (TPSA) is 60.9 Å².